The van der Waals surface area contributed by atoms with Gasteiger partial charge in [0, 0.05) is 13.2 Å². The van der Waals surface area contributed by atoms with E-state index in [0.717, 1.165) is 11.8 Å². The molecule has 2 aliphatic rings. The van der Waals surface area contributed by atoms with Crippen molar-refractivity contribution in [2.45, 2.75) is 63.5 Å². The molecule has 15 heavy (non-hydrogen) atoms. The van der Waals surface area contributed by atoms with Gasteiger partial charge in [-0.3, -0.25) is 0 Å². The Labute approximate surface area is 93.6 Å². The summed E-state index contributed by atoms with van der Waals surface area (Å²) in [7, 11) is 1.86. The van der Waals surface area contributed by atoms with Crippen LogP contribution in [0.5, 0.6) is 0 Å². The van der Waals surface area contributed by atoms with Gasteiger partial charge in [-0.25, -0.2) is 0 Å². The molecule has 2 aliphatic carbocycles. The lowest BCUT2D eigenvalue weighted by Crippen LogP contribution is -2.40. The molecule has 2 heteroatoms. The van der Waals surface area contributed by atoms with Crippen LogP contribution in [0.4, 0.5) is 0 Å². The van der Waals surface area contributed by atoms with Gasteiger partial charge in [-0.05, 0) is 43.9 Å². The number of ether oxygens (including phenoxy) is 1. The van der Waals surface area contributed by atoms with Gasteiger partial charge >= 0.3 is 0 Å². The van der Waals surface area contributed by atoms with Gasteiger partial charge in [0.25, 0.3) is 0 Å². The Kier molecular flexibility index (Phi) is 4.04. The Morgan fingerprint density at radius 3 is 2.53 bits per heavy atom. The fourth-order valence-corrected chi connectivity index (χ4v) is 3.56. The number of hydrogen-bond acceptors (Lipinski definition) is 2. The lowest BCUT2D eigenvalue weighted by Gasteiger charge is -2.39. The molecule has 0 aliphatic heterocycles. The zero-order valence-electron chi connectivity index (χ0n) is 9.95. The van der Waals surface area contributed by atoms with E-state index >= 15 is 0 Å². The van der Waals surface area contributed by atoms with Crippen LogP contribution in [0, 0.1) is 11.8 Å². The predicted molar refractivity (Wildman–Crippen MR) is 62.7 cm³/mol. The molecular formula is C13H25NO. The van der Waals surface area contributed by atoms with Gasteiger partial charge in [-0.1, -0.05) is 19.3 Å². The van der Waals surface area contributed by atoms with Crippen LogP contribution in [0.1, 0.15) is 51.4 Å². The van der Waals surface area contributed by atoms with Crippen LogP contribution >= 0.6 is 0 Å². The van der Waals surface area contributed by atoms with Crippen molar-refractivity contribution >= 4 is 0 Å². The number of hydrogen-bond donors (Lipinski definition) is 1. The van der Waals surface area contributed by atoms with Crippen LogP contribution in [-0.4, -0.2) is 19.3 Å². The lowest BCUT2D eigenvalue weighted by molar-refractivity contribution is 0.0279. The standard InChI is InChI=1S/C13H25NO/c1-15-11-6-4-5-10(9-11)12-7-2-3-8-13(12)14/h10-13H,2-9,14H2,1H3. The number of nitrogens with two attached hydrogens (primary N) is 1. The maximum Gasteiger partial charge on any atom is 0.0574 e. The van der Waals surface area contributed by atoms with Crippen LogP contribution in [0.2, 0.25) is 0 Å². The quantitative estimate of drug-likeness (QED) is 0.762. The maximum absolute atomic E-state index is 6.26. The highest BCUT2D eigenvalue weighted by molar-refractivity contribution is 4.86. The van der Waals surface area contributed by atoms with E-state index in [1.807, 2.05) is 7.11 Å². The fraction of sp³-hybridized carbons (Fsp3) is 1.00. The molecular weight excluding hydrogens is 186 g/mol. The molecule has 4 unspecified atom stereocenters. The Hall–Kier alpha value is -0.0800. The minimum absolute atomic E-state index is 0.472. The summed E-state index contributed by atoms with van der Waals surface area (Å²) in [6.07, 6.45) is 11.1. The van der Waals surface area contributed by atoms with Crippen LogP contribution in [0.3, 0.4) is 0 Å². The summed E-state index contributed by atoms with van der Waals surface area (Å²) >= 11 is 0. The average Bonchev–Trinajstić information content (AvgIpc) is 2.30. The molecule has 2 rings (SSSR count). The first kappa shape index (κ1) is 11.4. The minimum atomic E-state index is 0.472. The molecule has 0 amide bonds. The van der Waals surface area contributed by atoms with Gasteiger partial charge < -0.3 is 10.5 Å². The van der Waals surface area contributed by atoms with Crippen LogP contribution < -0.4 is 5.73 Å². The largest absolute Gasteiger partial charge is 0.381 e. The summed E-state index contributed by atoms with van der Waals surface area (Å²) in [4.78, 5) is 0. The topological polar surface area (TPSA) is 35.2 Å². The van der Waals surface area contributed by atoms with E-state index in [9.17, 15) is 0 Å². The van der Waals surface area contributed by atoms with Gasteiger partial charge in [-0.15, -0.1) is 0 Å². The molecule has 0 saturated heterocycles. The Bertz CT molecular complexity index is 195. The summed E-state index contributed by atoms with van der Waals surface area (Å²) in [5.41, 5.74) is 6.26. The second kappa shape index (κ2) is 5.31. The summed E-state index contributed by atoms with van der Waals surface area (Å²) in [5.74, 6) is 1.63. The molecule has 0 bridgehead atoms. The Morgan fingerprint density at radius 1 is 1.00 bits per heavy atom. The molecule has 0 heterocycles. The number of methoxy groups -OCH3 is 1. The Balaban J connectivity index is 1.90. The van der Waals surface area contributed by atoms with E-state index in [1.165, 1.54) is 51.4 Å². The zero-order chi connectivity index (χ0) is 10.7. The maximum atomic E-state index is 6.26. The van der Waals surface area contributed by atoms with E-state index < -0.39 is 0 Å². The average molecular weight is 211 g/mol. The highest BCUT2D eigenvalue weighted by Crippen LogP contribution is 2.38. The van der Waals surface area contributed by atoms with Gasteiger partial charge in [0.1, 0.15) is 0 Å². The van der Waals surface area contributed by atoms with E-state index in [-0.39, 0.29) is 0 Å². The van der Waals surface area contributed by atoms with E-state index in [0.29, 0.717) is 12.1 Å². The molecule has 4 atom stereocenters. The highest BCUT2D eigenvalue weighted by Gasteiger charge is 2.33. The van der Waals surface area contributed by atoms with E-state index in [2.05, 4.69) is 0 Å². The van der Waals surface area contributed by atoms with Crippen LogP contribution in [-0.2, 0) is 4.74 Å². The first-order valence-electron chi connectivity index (χ1n) is 6.59. The van der Waals surface area contributed by atoms with Crippen molar-refractivity contribution in [1.29, 1.82) is 0 Å². The Morgan fingerprint density at radius 2 is 1.80 bits per heavy atom. The van der Waals surface area contributed by atoms with Crippen molar-refractivity contribution in [1.82, 2.24) is 0 Å². The smallest absolute Gasteiger partial charge is 0.0574 e. The first-order chi connectivity index (χ1) is 7.31. The van der Waals surface area contributed by atoms with Crippen molar-refractivity contribution in [2.75, 3.05) is 7.11 Å². The fourth-order valence-electron chi connectivity index (χ4n) is 3.56. The molecule has 0 aromatic rings. The third-order valence-corrected chi connectivity index (χ3v) is 4.48. The summed E-state index contributed by atoms with van der Waals surface area (Å²) < 4.78 is 5.51. The van der Waals surface area contributed by atoms with Gasteiger partial charge in [-0.2, -0.15) is 0 Å². The van der Waals surface area contributed by atoms with Gasteiger partial charge in [0.2, 0.25) is 0 Å². The van der Waals surface area contributed by atoms with Crippen LogP contribution in [0.15, 0.2) is 0 Å². The summed E-state index contributed by atoms with van der Waals surface area (Å²) in [6.45, 7) is 0. The van der Waals surface area contributed by atoms with Crippen molar-refractivity contribution in [3.05, 3.63) is 0 Å². The molecule has 2 saturated carbocycles. The highest BCUT2D eigenvalue weighted by atomic mass is 16.5. The van der Waals surface area contributed by atoms with E-state index in [4.69, 9.17) is 10.5 Å². The van der Waals surface area contributed by atoms with Crippen molar-refractivity contribution < 1.29 is 4.74 Å². The molecule has 2 N–H and O–H groups in total. The van der Waals surface area contributed by atoms with Crippen molar-refractivity contribution in [3.8, 4) is 0 Å². The minimum Gasteiger partial charge on any atom is -0.381 e. The van der Waals surface area contributed by atoms with Crippen molar-refractivity contribution in [2.24, 2.45) is 17.6 Å². The number of rotatable bonds is 2. The summed E-state index contributed by atoms with van der Waals surface area (Å²) in [6, 6.07) is 0.472. The molecule has 0 aromatic carbocycles. The third-order valence-electron chi connectivity index (χ3n) is 4.48. The lowest BCUT2D eigenvalue weighted by atomic mass is 9.70. The second-order valence-corrected chi connectivity index (χ2v) is 5.40. The van der Waals surface area contributed by atoms with Crippen molar-refractivity contribution in [3.63, 3.8) is 0 Å². The van der Waals surface area contributed by atoms with Gasteiger partial charge in [0.15, 0.2) is 0 Å². The normalized spacial score (nSPS) is 42.8. The summed E-state index contributed by atoms with van der Waals surface area (Å²) in [5, 5.41) is 0. The molecule has 0 aromatic heterocycles. The predicted octanol–water partition coefficient (Wildman–Crippen LogP) is 2.71. The first-order valence-corrected chi connectivity index (χ1v) is 6.59. The monoisotopic (exact) mass is 211 g/mol. The molecule has 0 spiro atoms. The second-order valence-electron chi connectivity index (χ2n) is 5.40. The molecule has 2 nitrogen and oxygen atoms in total. The molecule has 88 valence electrons. The molecule has 2 fully saturated rings. The third kappa shape index (κ3) is 2.73. The van der Waals surface area contributed by atoms with Gasteiger partial charge in [0.05, 0.1) is 6.10 Å². The SMILES string of the molecule is COC1CCCC(C2CCCCC2N)C1. The van der Waals surface area contributed by atoms with Crippen LogP contribution in [0.25, 0.3) is 0 Å². The van der Waals surface area contributed by atoms with E-state index in [1.54, 1.807) is 0 Å². The molecule has 0 radical (unpaired) electrons. The zero-order valence-corrected chi connectivity index (χ0v) is 9.95.